The summed E-state index contributed by atoms with van der Waals surface area (Å²) in [7, 11) is 0. The Hall–Kier alpha value is -1.83. The van der Waals surface area contributed by atoms with Crippen LogP contribution in [0.5, 0.6) is 0 Å². The monoisotopic (exact) mass is 261 g/mol. The summed E-state index contributed by atoms with van der Waals surface area (Å²) in [5, 5.41) is 19.9. The lowest BCUT2D eigenvalue weighted by atomic mass is 10.1. The molecule has 0 spiro atoms. The second-order valence-electron chi connectivity index (χ2n) is 3.65. The van der Waals surface area contributed by atoms with Crippen LogP contribution in [0, 0.1) is 0 Å². The fourth-order valence-corrected chi connectivity index (χ4v) is 1.31. The fraction of sp³-hybridized carbons (Fsp3) is 0.700. The van der Waals surface area contributed by atoms with Gasteiger partial charge in [0.05, 0.1) is 6.61 Å². The Kier molecular flexibility index (Phi) is 7.45. The number of nitrogens with one attached hydrogen (secondary N) is 1. The van der Waals surface area contributed by atoms with Crippen LogP contribution in [0.25, 0.3) is 0 Å². The molecule has 0 heterocycles. The average Bonchev–Trinajstić information content (AvgIpc) is 2.30. The summed E-state index contributed by atoms with van der Waals surface area (Å²) < 4.78 is 0. The first-order valence-corrected chi connectivity index (χ1v) is 5.59. The number of nitrogens with zero attached hydrogens (tertiary/aromatic N) is 1. The Labute approximate surface area is 105 Å². The van der Waals surface area contributed by atoms with Crippen molar-refractivity contribution in [3.05, 3.63) is 0 Å². The first kappa shape index (κ1) is 16.2. The van der Waals surface area contributed by atoms with Gasteiger partial charge >= 0.3 is 12.0 Å². The van der Waals surface area contributed by atoms with E-state index in [0.717, 1.165) is 0 Å². The van der Waals surface area contributed by atoms with Crippen LogP contribution in [0.2, 0.25) is 0 Å². The highest BCUT2D eigenvalue weighted by atomic mass is 16.4. The van der Waals surface area contributed by atoms with Gasteiger partial charge in [-0.15, -0.1) is 0 Å². The van der Waals surface area contributed by atoms with E-state index in [9.17, 15) is 14.4 Å². The summed E-state index contributed by atoms with van der Waals surface area (Å²) in [6, 6.07) is -1.76. The summed E-state index contributed by atoms with van der Waals surface area (Å²) >= 11 is 0. The van der Waals surface area contributed by atoms with E-state index in [0.29, 0.717) is 6.54 Å². The van der Waals surface area contributed by atoms with E-state index in [1.807, 2.05) is 0 Å². The van der Waals surface area contributed by atoms with Gasteiger partial charge in [-0.3, -0.25) is 4.79 Å². The summed E-state index contributed by atoms with van der Waals surface area (Å²) in [6.07, 6.45) is -0.184. The average molecular weight is 261 g/mol. The van der Waals surface area contributed by atoms with Crippen molar-refractivity contribution in [2.75, 3.05) is 19.7 Å². The van der Waals surface area contributed by atoms with Gasteiger partial charge < -0.3 is 26.2 Å². The topological polar surface area (TPSA) is 133 Å². The second kappa shape index (κ2) is 8.29. The maximum Gasteiger partial charge on any atom is 0.326 e. The minimum Gasteiger partial charge on any atom is -0.480 e. The number of urea groups is 1. The highest BCUT2D eigenvalue weighted by Crippen LogP contribution is 1.99. The number of primary amides is 1. The van der Waals surface area contributed by atoms with Gasteiger partial charge in [0, 0.05) is 19.5 Å². The third-order valence-electron chi connectivity index (χ3n) is 2.31. The molecule has 0 unspecified atom stereocenters. The van der Waals surface area contributed by atoms with Crippen LogP contribution in [0.1, 0.15) is 19.8 Å². The smallest absolute Gasteiger partial charge is 0.326 e. The van der Waals surface area contributed by atoms with Crippen molar-refractivity contribution in [3.8, 4) is 0 Å². The number of aliphatic carboxylic acids is 1. The van der Waals surface area contributed by atoms with E-state index in [4.69, 9.17) is 15.9 Å². The van der Waals surface area contributed by atoms with Gasteiger partial charge in [0.25, 0.3) is 0 Å². The molecule has 0 aromatic heterocycles. The van der Waals surface area contributed by atoms with Gasteiger partial charge in [-0.2, -0.15) is 0 Å². The lowest BCUT2D eigenvalue weighted by Gasteiger charge is -2.23. The fourth-order valence-electron chi connectivity index (χ4n) is 1.31. The van der Waals surface area contributed by atoms with E-state index >= 15 is 0 Å². The molecular formula is C10H19N3O5. The number of aliphatic hydroxyl groups excluding tert-OH is 1. The molecule has 5 N–H and O–H groups in total. The Morgan fingerprint density at radius 3 is 2.39 bits per heavy atom. The molecule has 0 aliphatic carbocycles. The van der Waals surface area contributed by atoms with Gasteiger partial charge in [0.15, 0.2) is 0 Å². The van der Waals surface area contributed by atoms with E-state index in [1.165, 1.54) is 4.90 Å². The molecule has 0 saturated heterocycles. The van der Waals surface area contributed by atoms with Crippen LogP contribution in [0.3, 0.4) is 0 Å². The molecule has 3 amide bonds. The third-order valence-corrected chi connectivity index (χ3v) is 2.31. The molecule has 0 aromatic carbocycles. The van der Waals surface area contributed by atoms with Crippen LogP contribution in [0.4, 0.5) is 4.79 Å². The Morgan fingerprint density at radius 1 is 1.39 bits per heavy atom. The van der Waals surface area contributed by atoms with Crippen molar-refractivity contribution >= 4 is 17.9 Å². The first-order valence-electron chi connectivity index (χ1n) is 5.59. The Balaban J connectivity index is 4.42. The van der Waals surface area contributed by atoms with E-state index in [1.54, 1.807) is 6.92 Å². The van der Waals surface area contributed by atoms with E-state index in [2.05, 4.69) is 5.32 Å². The van der Waals surface area contributed by atoms with Crippen molar-refractivity contribution in [1.82, 2.24) is 10.2 Å². The molecule has 0 radical (unpaired) electrons. The largest absolute Gasteiger partial charge is 0.480 e. The molecule has 0 saturated carbocycles. The minimum absolute atomic E-state index is 0.0624. The van der Waals surface area contributed by atoms with Crippen molar-refractivity contribution in [3.63, 3.8) is 0 Å². The summed E-state index contributed by atoms with van der Waals surface area (Å²) in [5.74, 6) is -1.86. The van der Waals surface area contributed by atoms with Crippen molar-refractivity contribution in [1.29, 1.82) is 0 Å². The number of nitrogens with two attached hydrogens (primary N) is 1. The molecule has 104 valence electrons. The maximum atomic E-state index is 11.6. The standard InChI is InChI=1S/C10H19N3O5/c1-2-13(5-6-14)10(18)12-7(9(16)17)3-4-8(11)15/h7,14H,2-6H2,1H3,(H2,11,15)(H,12,18)(H,16,17)/t7-/m1/s1. The van der Waals surface area contributed by atoms with Crippen LogP contribution in [-0.4, -0.2) is 58.8 Å². The summed E-state index contributed by atoms with van der Waals surface area (Å²) in [4.78, 5) is 34.4. The normalized spacial score (nSPS) is 11.7. The molecule has 0 aliphatic heterocycles. The van der Waals surface area contributed by atoms with E-state index in [-0.39, 0.29) is 26.0 Å². The number of carboxylic acids is 1. The molecule has 0 aliphatic rings. The summed E-state index contributed by atoms with van der Waals surface area (Å²) in [5.41, 5.74) is 4.92. The summed E-state index contributed by atoms with van der Waals surface area (Å²) in [6.45, 7) is 1.95. The van der Waals surface area contributed by atoms with Crippen LogP contribution >= 0.6 is 0 Å². The van der Waals surface area contributed by atoms with Gasteiger partial charge in [0.1, 0.15) is 6.04 Å². The minimum atomic E-state index is -1.23. The number of hydrogen-bond donors (Lipinski definition) is 4. The second-order valence-corrected chi connectivity index (χ2v) is 3.65. The zero-order valence-electron chi connectivity index (χ0n) is 10.3. The van der Waals surface area contributed by atoms with Crippen molar-refractivity contribution in [2.45, 2.75) is 25.8 Å². The van der Waals surface area contributed by atoms with Crippen molar-refractivity contribution in [2.24, 2.45) is 5.73 Å². The lowest BCUT2D eigenvalue weighted by Crippen LogP contribution is -2.48. The van der Waals surface area contributed by atoms with Crippen LogP contribution in [-0.2, 0) is 9.59 Å². The quantitative estimate of drug-likeness (QED) is 0.432. The SMILES string of the molecule is CCN(CCO)C(=O)N[C@H](CCC(N)=O)C(=O)O. The molecule has 1 atom stereocenters. The zero-order chi connectivity index (χ0) is 14.1. The van der Waals surface area contributed by atoms with Crippen molar-refractivity contribution < 1.29 is 24.6 Å². The van der Waals surface area contributed by atoms with E-state index < -0.39 is 23.9 Å². The van der Waals surface area contributed by atoms with Gasteiger partial charge in [0.2, 0.25) is 5.91 Å². The van der Waals surface area contributed by atoms with Gasteiger partial charge in [-0.1, -0.05) is 0 Å². The molecule has 18 heavy (non-hydrogen) atoms. The number of carbonyl (C=O) groups excluding carboxylic acids is 2. The Morgan fingerprint density at radius 2 is 2.00 bits per heavy atom. The number of amides is 3. The van der Waals surface area contributed by atoms with Gasteiger partial charge in [-0.05, 0) is 13.3 Å². The number of likely N-dealkylation sites (N-methyl/N-ethyl adjacent to an activating group) is 1. The third kappa shape index (κ3) is 6.04. The number of rotatable bonds is 8. The molecule has 0 aromatic rings. The van der Waals surface area contributed by atoms with Crippen LogP contribution < -0.4 is 11.1 Å². The molecule has 0 bridgehead atoms. The molecule has 8 nitrogen and oxygen atoms in total. The Bertz CT molecular complexity index is 308. The zero-order valence-corrected chi connectivity index (χ0v) is 10.3. The lowest BCUT2D eigenvalue weighted by molar-refractivity contribution is -0.139. The molecular weight excluding hydrogens is 242 g/mol. The number of carboxylic acid groups (broad SMARTS) is 1. The molecule has 0 rings (SSSR count). The number of aliphatic hydroxyl groups is 1. The first-order chi connectivity index (χ1) is 8.42. The molecule has 0 fully saturated rings. The maximum absolute atomic E-state index is 11.6. The highest BCUT2D eigenvalue weighted by Gasteiger charge is 2.22. The predicted octanol–water partition coefficient (Wildman–Crippen LogP) is -1.27. The predicted molar refractivity (Wildman–Crippen MR) is 62.7 cm³/mol. The van der Waals surface area contributed by atoms with Crippen LogP contribution in [0.15, 0.2) is 0 Å². The number of hydrogen-bond acceptors (Lipinski definition) is 4. The highest BCUT2D eigenvalue weighted by molar-refractivity contribution is 5.83. The number of carbonyl (C=O) groups is 3. The molecule has 8 heteroatoms. The van der Waals surface area contributed by atoms with Gasteiger partial charge in [-0.25, -0.2) is 9.59 Å².